The van der Waals surface area contributed by atoms with Gasteiger partial charge in [-0.25, -0.2) is 4.39 Å². The lowest BCUT2D eigenvalue weighted by Crippen LogP contribution is -2.12. The van der Waals surface area contributed by atoms with Crippen LogP contribution in [0.25, 0.3) is 0 Å². The largest absolute Gasteiger partial charge is 0.384 e. The summed E-state index contributed by atoms with van der Waals surface area (Å²) in [6.45, 7) is 2.48. The third-order valence-electron chi connectivity index (χ3n) is 2.42. The maximum atomic E-state index is 13.0. The van der Waals surface area contributed by atoms with Crippen LogP contribution < -0.4 is 0 Å². The Hall–Kier alpha value is -0.930. The number of hydrogen-bond donors (Lipinski definition) is 0. The van der Waals surface area contributed by atoms with Gasteiger partial charge < -0.3 is 4.74 Å². The summed E-state index contributed by atoms with van der Waals surface area (Å²) in [5, 5.41) is 0.430. The molecule has 1 atom stereocenters. The third-order valence-corrected chi connectivity index (χ3v) is 2.79. The van der Waals surface area contributed by atoms with E-state index in [4.69, 9.17) is 16.3 Å². The van der Waals surface area contributed by atoms with E-state index < -0.39 is 0 Å². The van der Waals surface area contributed by atoms with Crippen LogP contribution in [0.2, 0.25) is 5.02 Å². The first-order valence-electron chi connectivity index (χ1n) is 5.47. The van der Waals surface area contributed by atoms with E-state index in [-0.39, 0.29) is 23.9 Å². The van der Waals surface area contributed by atoms with Crippen LogP contribution in [0.4, 0.5) is 4.39 Å². The fraction of sp³-hybridized carbons (Fsp3) is 0.462. The van der Waals surface area contributed by atoms with E-state index in [2.05, 4.69) is 0 Å². The minimum absolute atomic E-state index is 0.0436. The summed E-state index contributed by atoms with van der Waals surface area (Å²) < 4.78 is 18.0. The zero-order valence-electron chi connectivity index (χ0n) is 10.0. The van der Waals surface area contributed by atoms with Crippen molar-refractivity contribution in [3.63, 3.8) is 0 Å². The third kappa shape index (κ3) is 4.84. The standard InChI is InChI=1S/C13H16ClFO2/c1-9(8-17-2)5-12(16)7-10-6-11(15)3-4-13(10)14/h3-4,6,9H,5,7-8H2,1-2H3. The molecule has 0 heterocycles. The number of rotatable bonds is 6. The summed E-state index contributed by atoms with van der Waals surface area (Å²) in [6, 6.07) is 4.06. The molecule has 1 unspecified atom stereocenters. The Bertz CT molecular complexity index is 393. The minimum Gasteiger partial charge on any atom is -0.384 e. The highest BCUT2D eigenvalue weighted by molar-refractivity contribution is 6.31. The van der Waals surface area contributed by atoms with Gasteiger partial charge in [-0.15, -0.1) is 0 Å². The fourth-order valence-corrected chi connectivity index (χ4v) is 1.88. The number of ketones is 1. The summed E-state index contributed by atoms with van der Waals surface area (Å²) in [6.07, 6.45) is 0.589. The molecule has 1 aromatic rings. The van der Waals surface area contributed by atoms with Crippen molar-refractivity contribution >= 4 is 17.4 Å². The number of ether oxygens (including phenoxy) is 1. The number of Topliss-reactive ketones (excluding diaryl/α,β-unsaturated/α-hetero) is 1. The van der Waals surface area contributed by atoms with Gasteiger partial charge in [0.15, 0.2) is 0 Å². The molecule has 0 spiro atoms. The van der Waals surface area contributed by atoms with Crippen molar-refractivity contribution in [1.82, 2.24) is 0 Å². The minimum atomic E-state index is -0.373. The van der Waals surface area contributed by atoms with Crippen molar-refractivity contribution < 1.29 is 13.9 Å². The monoisotopic (exact) mass is 258 g/mol. The van der Waals surface area contributed by atoms with Gasteiger partial charge in [-0.05, 0) is 29.7 Å². The van der Waals surface area contributed by atoms with E-state index in [0.29, 0.717) is 23.6 Å². The van der Waals surface area contributed by atoms with E-state index in [1.165, 1.54) is 18.2 Å². The summed E-state index contributed by atoms with van der Waals surface area (Å²) in [5.74, 6) is -0.163. The highest BCUT2D eigenvalue weighted by Crippen LogP contribution is 2.19. The molecule has 0 aliphatic heterocycles. The van der Waals surface area contributed by atoms with E-state index >= 15 is 0 Å². The zero-order chi connectivity index (χ0) is 12.8. The molecule has 0 saturated carbocycles. The zero-order valence-corrected chi connectivity index (χ0v) is 10.8. The second kappa shape index (κ2) is 6.72. The van der Waals surface area contributed by atoms with Gasteiger partial charge in [0, 0.05) is 31.6 Å². The quantitative estimate of drug-likeness (QED) is 0.783. The molecule has 0 bridgehead atoms. The fourth-order valence-electron chi connectivity index (χ4n) is 1.70. The summed E-state index contributed by atoms with van der Waals surface area (Å²) in [4.78, 5) is 11.7. The lowest BCUT2D eigenvalue weighted by Gasteiger charge is -2.09. The van der Waals surface area contributed by atoms with Crippen LogP contribution in [-0.4, -0.2) is 19.5 Å². The van der Waals surface area contributed by atoms with Crippen LogP contribution in [0.3, 0.4) is 0 Å². The molecule has 0 radical (unpaired) electrons. The van der Waals surface area contributed by atoms with Gasteiger partial charge in [0.1, 0.15) is 11.6 Å². The SMILES string of the molecule is COCC(C)CC(=O)Cc1cc(F)ccc1Cl. The molecule has 2 nitrogen and oxygen atoms in total. The normalized spacial score (nSPS) is 12.5. The summed E-state index contributed by atoms with van der Waals surface area (Å²) in [5.41, 5.74) is 0.543. The highest BCUT2D eigenvalue weighted by Gasteiger charge is 2.12. The van der Waals surface area contributed by atoms with Gasteiger partial charge in [0.25, 0.3) is 0 Å². The van der Waals surface area contributed by atoms with Gasteiger partial charge in [-0.1, -0.05) is 18.5 Å². The second-order valence-electron chi connectivity index (χ2n) is 4.22. The van der Waals surface area contributed by atoms with Crippen molar-refractivity contribution in [2.24, 2.45) is 5.92 Å². The second-order valence-corrected chi connectivity index (χ2v) is 4.62. The molecule has 0 fully saturated rings. The Morgan fingerprint density at radius 1 is 1.53 bits per heavy atom. The highest BCUT2D eigenvalue weighted by atomic mass is 35.5. The maximum Gasteiger partial charge on any atom is 0.137 e. The molecule has 0 aromatic heterocycles. The van der Waals surface area contributed by atoms with Gasteiger partial charge in [0.2, 0.25) is 0 Å². The van der Waals surface area contributed by atoms with Crippen LogP contribution in [0, 0.1) is 11.7 Å². The Labute approximate surface area is 106 Å². The van der Waals surface area contributed by atoms with E-state index in [9.17, 15) is 9.18 Å². The molecule has 1 aromatic carbocycles. The van der Waals surface area contributed by atoms with Crippen molar-refractivity contribution in [1.29, 1.82) is 0 Å². The number of carbonyl (C=O) groups is 1. The van der Waals surface area contributed by atoms with Crippen LogP contribution in [0.1, 0.15) is 18.9 Å². The number of methoxy groups -OCH3 is 1. The molecule has 94 valence electrons. The number of benzene rings is 1. The van der Waals surface area contributed by atoms with E-state index in [1.54, 1.807) is 7.11 Å². The lowest BCUT2D eigenvalue weighted by atomic mass is 10.0. The van der Waals surface area contributed by atoms with E-state index in [1.807, 2.05) is 6.92 Å². The Kier molecular flexibility index (Phi) is 5.59. The van der Waals surface area contributed by atoms with Crippen molar-refractivity contribution in [2.45, 2.75) is 19.8 Å². The van der Waals surface area contributed by atoms with Crippen LogP contribution in [0.5, 0.6) is 0 Å². The average molecular weight is 259 g/mol. The summed E-state index contributed by atoms with van der Waals surface area (Å²) >= 11 is 5.89. The average Bonchev–Trinajstić information content (AvgIpc) is 2.23. The topological polar surface area (TPSA) is 26.3 Å². The first-order valence-corrected chi connectivity index (χ1v) is 5.85. The molecule has 0 N–H and O–H groups in total. The predicted molar refractivity (Wildman–Crippen MR) is 65.8 cm³/mol. The first kappa shape index (κ1) is 14.1. The smallest absolute Gasteiger partial charge is 0.137 e. The van der Waals surface area contributed by atoms with Crippen LogP contribution in [0.15, 0.2) is 18.2 Å². The molecule has 0 aliphatic rings. The molecular weight excluding hydrogens is 243 g/mol. The number of carbonyl (C=O) groups excluding carboxylic acids is 1. The van der Waals surface area contributed by atoms with E-state index in [0.717, 1.165) is 0 Å². The Morgan fingerprint density at radius 2 is 2.24 bits per heavy atom. The molecule has 0 saturated heterocycles. The van der Waals surface area contributed by atoms with Gasteiger partial charge in [0.05, 0.1) is 0 Å². The molecule has 17 heavy (non-hydrogen) atoms. The number of halogens is 2. The maximum absolute atomic E-state index is 13.0. The summed E-state index contributed by atoms with van der Waals surface area (Å²) in [7, 11) is 1.60. The van der Waals surface area contributed by atoms with Crippen LogP contribution >= 0.6 is 11.6 Å². The molecule has 4 heteroatoms. The lowest BCUT2D eigenvalue weighted by molar-refractivity contribution is -0.119. The molecular formula is C13H16ClFO2. The Balaban J connectivity index is 2.58. The first-order chi connectivity index (χ1) is 8.02. The van der Waals surface area contributed by atoms with Gasteiger partial charge >= 0.3 is 0 Å². The van der Waals surface area contributed by atoms with Gasteiger partial charge in [-0.3, -0.25) is 4.79 Å². The van der Waals surface area contributed by atoms with Crippen molar-refractivity contribution in [3.8, 4) is 0 Å². The molecule has 0 amide bonds. The molecule has 1 rings (SSSR count). The van der Waals surface area contributed by atoms with Crippen molar-refractivity contribution in [2.75, 3.05) is 13.7 Å². The Morgan fingerprint density at radius 3 is 2.88 bits per heavy atom. The van der Waals surface area contributed by atoms with Gasteiger partial charge in [-0.2, -0.15) is 0 Å². The van der Waals surface area contributed by atoms with Crippen molar-refractivity contribution in [3.05, 3.63) is 34.6 Å². The number of hydrogen-bond acceptors (Lipinski definition) is 2. The molecule has 0 aliphatic carbocycles. The predicted octanol–water partition coefficient (Wildman–Crippen LogP) is 3.26. The van der Waals surface area contributed by atoms with Crippen LogP contribution in [-0.2, 0) is 16.0 Å².